The summed E-state index contributed by atoms with van der Waals surface area (Å²) in [5, 5.41) is 2.64. The fourth-order valence-electron chi connectivity index (χ4n) is 1.39. The van der Waals surface area contributed by atoms with E-state index in [9.17, 15) is 9.59 Å². The molecule has 0 atom stereocenters. The first kappa shape index (κ1) is 8.74. The molecule has 1 N–H and O–H groups in total. The minimum absolute atomic E-state index is 0.0305. The van der Waals surface area contributed by atoms with E-state index in [1.165, 1.54) is 6.92 Å². The molecule has 1 aromatic rings. The van der Waals surface area contributed by atoms with Crippen molar-refractivity contribution in [1.29, 1.82) is 0 Å². The van der Waals surface area contributed by atoms with Crippen LogP contribution in [0.25, 0.3) is 0 Å². The lowest BCUT2D eigenvalue weighted by atomic mass is 10.1. The molecule has 0 unspecified atom stereocenters. The molecule has 0 spiro atoms. The van der Waals surface area contributed by atoms with Crippen molar-refractivity contribution in [1.82, 2.24) is 0 Å². The van der Waals surface area contributed by atoms with E-state index in [1.807, 2.05) is 0 Å². The topological polar surface area (TPSA) is 55.4 Å². The van der Waals surface area contributed by atoms with Crippen LogP contribution < -0.4 is 10.1 Å². The molecule has 14 heavy (non-hydrogen) atoms. The van der Waals surface area contributed by atoms with Crippen molar-refractivity contribution < 1.29 is 14.3 Å². The number of amides is 1. The third-order valence-corrected chi connectivity index (χ3v) is 2.02. The maximum Gasteiger partial charge on any atom is 0.262 e. The first-order valence-corrected chi connectivity index (χ1v) is 4.25. The van der Waals surface area contributed by atoms with Gasteiger partial charge in [-0.15, -0.1) is 0 Å². The van der Waals surface area contributed by atoms with E-state index < -0.39 is 0 Å². The van der Waals surface area contributed by atoms with Gasteiger partial charge in [0.1, 0.15) is 0 Å². The number of carbonyl (C=O) groups is 2. The molecule has 0 bridgehead atoms. The molecule has 0 radical (unpaired) electrons. The third-order valence-electron chi connectivity index (χ3n) is 2.02. The van der Waals surface area contributed by atoms with Gasteiger partial charge in [-0.3, -0.25) is 9.59 Å². The highest BCUT2D eigenvalue weighted by Gasteiger charge is 2.20. The average Bonchev–Trinajstić information content (AvgIpc) is 2.16. The smallest absolute Gasteiger partial charge is 0.262 e. The number of nitrogens with one attached hydrogen (secondary N) is 1. The van der Waals surface area contributed by atoms with Crippen LogP contribution >= 0.6 is 0 Å². The van der Waals surface area contributed by atoms with E-state index in [-0.39, 0.29) is 18.3 Å². The van der Waals surface area contributed by atoms with E-state index in [1.54, 1.807) is 18.2 Å². The van der Waals surface area contributed by atoms with Gasteiger partial charge in [-0.05, 0) is 19.1 Å². The average molecular weight is 191 g/mol. The lowest BCUT2D eigenvalue weighted by Crippen LogP contribution is -2.26. The summed E-state index contributed by atoms with van der Waals surface area (Å²) in [6.45, 7) is 1.44. The fraction of sp³-hybridized carbons (Fsp3) is 0.200. The molecule has 4 heteroatoms. The van der Waals surface area contributed by atoms with Crippen LogP contribution in [0.3, 0.4) is 0 Å². The molecule has 72 valence electrons. The van der Waals surface area contributed by atoms with Gasteiger partial charge in [-0.2, -0.15) is 0 Å². The Morgan fingerprint density at radius 1 is 1.50 bits per heavy atom. The summed E-state index contributed by atoms with van der Waals surface area (Å²) in [6.07, 6.45) is 0. The van der Waals surface area contributed by atoms with Gasteiger partial charge in [0, 0.05) is 0 Å². The van der Waals surface area contributed by atoms with Gasteiger partial charge in [-0.1, -0.05) is 6.07 Å². The highest BCUT2D eigenvalue weighted by atomic mass is 16.5. The first-order chi connectivity index (χ1) is 6.68. The summed E-state index contributed by atoms with van der Waals surface area (Å²) >= 11 is 0. The quantitative estimate of drug-likeness (QED) is 0.679. The van der Waals surface area contributed by atoms with Crippen molar-refractivity contribution >= 4 is 17.4 Å². The number of hydrogen-bond donors (Lipinski definition) is 1. The van der Waals surface area contributed by atoms with Gasteiger partial charge >= 0.3 is 0 Å². The van der Waals surface area contributed by atoms with Crippen LogP contribution in [0.15, 0.2) is 18.2 Å². The molecular formula is C10H9NO3. The molecule has 2 rings (SSSR count). The number of fused-ring (bicyclic) bond motifs is 1. The Morgan fingerprint density at radius 3 is 3.00 bits per heavy atom. The molecule has 1 aliphatic rings. The molecule has 1 heterocycles. The largest absolute Gasteiger partial charge is 0.481 e. The SMILES string of the molecule is CC(=O)c1cccc2c1OCC(=O)N2. The maximum absolute atomic E-state index is 11.2. The number of hydrogen-bond acceptors (Lipinski definition) is 3. The van der Waals surface area contributed by atoms with E-state index in [2.05, 4.69) is 5.32 Å². The van der Waals surface area contributed by atoms with Gasteiger partial charge in [0.25, 0.3) is 5.91 Å². The Kier molecular flexibility index (Phi) is 1.96. The Balaban J connectivity index is 2.52. The number of benzene rings is 1. The maximum atomic E-state index is 11.2. The zero-order chi connectivity index (χ0) is 10.1. The van der Waals surface area contributed by atoms with Crippen molar-refractivity contribution in [3.63, 3.8) is 0 Å². The van der Waals surface area contributed by atoms with Crippen molar-refractivity contribution in [2.45, 2.75) is 6.92 Å². The molecule has 0 aromatic heterocycles. The van der Waals surface area contributed by atoms with Gasteiger partial charge in [-0.25, -0.2) is 0 Å². The molecule has 0 aliphatic carbocycles. The van der Waals surface area contributed by atoms with Crippen molar-refractivity contribution in [3.8, 4) is 5.75 Å². The highest BCUT2D eigenvalue weighted by molar-refractivity contribution is 6.03. The minimum Gasteiger partial charge on any atom is -0.481 e. The predicted molar refractivity (Wildman–Crippen MR) is 50.6 cm³/mol. The molecule has 4 nitrogen and oxygen atoms in total. The Labute approximate surface area is 80.9 Å². The van der Waals surface area contributed by atoms with Crippen molar-refractivity contribution in [2.24, 2.45) is 0 Å². The minimum atomic E-state index is -0.196. The number of ketones is 1. The van der Waals surface area contributed by atoms with Crippen LogP contribution in [0.1, 0.15) is 17.3 Å². The second kappa shape index (κ2) is 3.14. The normalized spacial score (nSPS) is 13.9. The molecule has 0 saturated carbocycles. The van der Waals surface area contributed by atoms with Gasteiger partial charge in [0.2, 0.25) is 0 Å². The first-order valence-electron chi connectivity index (χ1n) is 4.25. The van der Waals surface area contributed by atoms with Crippen LogP contribution in [0.5, 0.6) is 5.75 Å². The Bertz CT molecular complexity index is 412. The number of anilines is 1. The fourth-order valence-corrected chi connectivity index (χ4v) is 1.39. The molecule has 1 aromatic carbocycles. The summed E-state index contributed by atoms with van der Waals surface area (Å²) in [5.74, 6) is 0.204. The standard InChI is InChI=1S/C10H9NO3/c1-6(12)7-3-2-4-8-10(7)14-5-9(13)11-8/h2-4H,5H2,1H3,(H,11,13). The van der Waals surface area contributed by atoms with E-state index in [0.29, 0.717) is 17.0 Å². The van der Waals surface area contributed by atoms with E-state index in [0.717, 1.165) is 0 Å². The summed E-state index contributed by atoms with van der Waals surface area (Å²) in [5.41, 5.74) is 1.07. The van der Waals surface area contributed by atoms with Crippen molar-refractivity contribution in [3.05, 3.63) is 23.8 Å². The zero-order valence-corrected chi connectivity index (χ0v) is 7.66. The summed E-state index contributed by atoms with van der Waals surface area (Å²) in [4.78, 5) is 22.2. The molecule has 1 amide bonds. The monoisotopic (exact) mass is 191 g/mol. The molecule has 1 aliphatic heterocycles. The van der Waals surface area contributed by atoms with Crippen LogP contribution in [0.2, 0.25) is 0 Å². The number of Topliss-reactive ketones (excluding diaryl/α,β-unsaturated/α-hetero) is 1. The zero-order valence-electron chi connectivity index (χ0n) is 7.66. The van der Waals surface area contributed by atoms with Crippen LogP contribution in [0, 0.1) is 0 Å². The predicted octanol–water partition coefficient (Wildman–Crippen LogP) is 1.22. The van der Waals surface area contributed by atoms with E-state index in [4.69, 9.17) is 4.74 Å². The summed E-state index contributed by atoms with van der Waals surface area (Å²) < 4.78 is 5.20. The number of rotatable bonds is 1. The third kappa shape index (κ3) is 1.35. The highest BCUT2D eigenvalue weighted by Crippen LogP contribution is 2.31. The second-order valence-corrected chi connectivity index (χ2v) is 3.08. The lowest BCUT2D eigenvalue weighted by Gasteiger charge is -2.19. The number of para-hydroxylation sites is 1. The van der Waals surface area contributed by atoms with Gasteiger partial charge < -0.3 is 10.1 Å². The van der Waals surface area contributed by atoms with Crippen LogP contribution in [0.4, 0.5) is 5.69 Å². The van der Waals surface area contributed by atoms with Gasteiger partial charge in [0.15, 0.2) is 18.1 Å². The second-order valence-electron chi connectivity index (χ2n) is 3.08. The Hall–Kier alpha value is -1.84. The number of ether oxygens (including phenoxy) is 1. The molecular weight excluding hydrogens is 182 g/mol. The van der Waals surface area contributed by atoms with Crippen LogP contribution in [-0.2, 0) is 4.79 Å². The lowest BCUT2D eigenvalue weighted by molar-refractivity contribution is -0.118. The number of carbonyl (C=O) groups excluding carboxylic acids is 2. The summed E-state index contributed by atoms with van der Waals surface area (Å²) in [7, 11) is 0. The Morgan fingerprint density at radius 2 is 2.29 bits per heavy atom. The van der Waals surface area contributed by atoms with E-state index >= 15 is 0 Å². The van der Waals surface area contributed by atoms with Crippen molar-refractivity contribution in [2.75, 3.05) is 11.9 Å². The van der Waals surface area contributed by atoms with Crippen LogP contribution in [-0.4, -0.2) is 18.3 Å². The molecule has 0 fully saturated rings. The van der Waals surface area contributed by atoms with Gasteiger partial charge in [0.05, 0.1) is 11.3 Å². The molecule has 0 saturated heterocycles. The summed E-state index contributed by atoms with van der Waals surface area (Å²) in [6, 6.07) is 5.10.